The minimum atomic E-state index is -0.755. The van der Waals surface area contributed by atoms with Crippen LogP contribution in [0.2, 0.25) is 5.02 Å². The van der Waals surface area contributed by atoms with E-state index >= 15 is 0 Å². The lowest BCUT2D eigenvalue weighted by Gasteiger charge is -2.06. The monoisotopic (exact) mass is 254 g/mol. The fraction of sp³-hybridized carbons (Fsp3) is 0.462. The minimum Gasteiger partial charge on any atom is -0.489 e. The molecule has 0 radical (unpaired) electrons. The lowest BCUT2D eigenvalue weighted by molar-refractivity contribution is -0.137. The molecule has 0 bridgehead atoms. The van der Waals surface area contributed by atoms with Crippen LogP contribution in [0.3, 0.4) is 0 Å². The molecule has 0 amide bonds. The lowest BCUT2D eigenvalue weighted by atomic mass is 10.0. The molecule has 0 spiro atoms. The van der Waals surface area contributed by atoms with Gasteiger partial charge in [-0.2, -0.15) is 0 Å². The van der Waals surface area contributed by atoms with E-state index in [2.05, 4.69) is 6.07 Å². The number of halogens is 1. The van der Waals surface area contributed by atoms with Gasteiger partial charge >= 0.3 is 5.97 Å². The summed E-state index contributed by atoms with van der Waals surface area (Å²) in [6, 6.07) is 3.95. The van der Waals surface area contributed by atoms with E-state index in [4.69, 9.17) is 21.4 Å². The highest BCUT2D eigenvalue weighted by atomic mass is 35.5. The van der Waals surface area contributed by atoms with Gasteiger partial charge in [-0.15, -0.1) is 0 Å². The maximum atomic E-state index is 10.4. The van der Waals surface area contributed by atoms with Crippen molar-refractivity contribution in [3.8, 4) is 5.75 Å². The van der Waals surface area contributed by atoms with Gasteiger partial charge in [-0.3, -0.25) is 4.79 Å². The predicted octanol–water partition coefficient (Wildman–Crippen LogP) is 3.07. The molecule has 0 saturated carbocycles. The van der Waals surface area contributed by atoms with Crippen LogP contribution in [0, 0.1) is 0 Å². The zero-order valence-electron chi connectivity index (χ0n) is 9.70. The molecule has 92 valence electrons. The van der Waals surface area contributed by atoms with Gasteiger partial charge in [0.05, 0.1) is 5.02 Å². The Morgan fingerprint density at radius 2 is 2.35 bits per heavy atom. The summed E-state index contributed by atoms with van der Waals surface area (Å²) in [6.45, 7) is 2.01. The highest BCUT2D eigenvalue weighted by Crippen LogP contribution is 2.37. The lowest BCUT2D eigenvalue weighted by Crippen LogP contribution is -2.05. The second kappa shape index (κ2) is 4.96. The fourth-order valence-corrected chi connectivity index (χ4v) is 2.44. The van der Waals surface area contributed by atoms with E-state index in [-0.39, 0.29) is 12.5 Å². The Morgan fingerprint density at radius 3 is 3.06 bits per heavy atom. The maximum absolute atomic E-state index is 10.4. The molecule has 0 fully saturated rings. The van der Waals surface area contributed by atoms with Crippen molar-refractivity contribution in [1.29, 1.82) is 0 Å². The Labute approximate surface area is 105 Å². The minimum absolute atomic E-state index is 0.178. The number of carboxylic acids is 1. The topological polar surface area (TPSA) is 46.5 Å². The van der Waals surface area contributed by atoms with Crippen LogP contribution >= 0.6 is 11.6 Å². The number of carbonyl (C=O) groups is 1. The molecule has 1 atom stereocenters. The third-order valence-electron chi connectivity index (χ3n) is 2.86. The fourth-order valence-electron chi connectivity index (χ4n) is 2.14. The number of ether oxygens (including phenoxy) is 1. The van der Waals surface area contributed by atoms with E-state index in [1.54, 1.807) is 0 Å². The zero-order valence-corrected chi connectivity index (χ0v) is 10.5. The van der Waals surface area contributed by atoms with Crippen LogP contribution < -0.4 is 4.74 Å². The molecule has 1 aliphatic heterocycles. The molecular weight excluding hydrogens is 240 g/mol. The number of rotatable bonds is 4. The second-order valence-corrected chi connectivity index (χ2v) is 4.85. The third kappa shape index (κ3) is 2.91. The predicted molar refractivity (Wildman–Crippen MR) is 65.8 cm³/mol. The van der Waals surface area contributed by atoms with Crippen LogP contribution in [0.5, 0.6) is 5.75 Å². The molecule has 1 heterocycles. The third-order valence-corrected chi connectivity index (χ3v) is 3.14. The van der Waals surface area contributed by atoms with E-state index in [0.29, 0.717) is 11.4 Å². The van der Waals surface area contributed by atoms with E-state index in [1.807, 2.05) is 13.0 Å². The Bertz CT molecular complexity index is 443. The Morgan fingerprint density at radius 1 is 1.59 bits per heavy atom. The molecular formula is C13H15ClO3. The number of aliphatic carboxylic acids is 1. The van der Waals surface area contributed by atoms with Crippen LogP contribution in [-0.2, 0) is 17.6 Å². The van der Waals surface area contributed by atoms with Crippen molar-refractivity contribution in [3.63, 3.8) is 0 Å². The number of hydrogen-bond acceptors (Lipinski definition) is 2. The van der Waals surface area contributed by atoms with E-state index in [0.717, 1.165) is 29.7 Å². The summed E-state index contributed by atoms with van der Waals surface area (Å²) in [5, 5.41) is 9.23. The maximum Gasteiger partial charge on any atom is 0.303 e. The number of aryl methyl sites for hydroxylation is 1. The van der Waals surface area contributed by atoms with Crippen molar-refractivity contribution in [1.82, 2.24) is 0 Å². The normalized spacial score (nSPS) is 17.6. The largest absolute Gasteiger partial charge is 0.489 e. The van der Waals surface area contributed by atoms with Gasteiger partial charge in [-0.1, -0.05) is 17.7 Å². The summed E-state index contributed by atoms with van der Waals surface area (Å²) >= 11 is 6.14. The van der Waals surface area contributed by atoms with Crippen LogP contribution in [0.15, 0.2) is 12.1 Å². The van der Waals surface area contributed by atoms with Crippen LogP contribution in [0.1, 0.15) is 30.9 Å². The van der Waals surface area contributed by atoms with Crippen LogP contribution in [0.4, 0.5) is 0 Å². The number of benzene rings is 1. The summed E-state index contributed by atoms with van der Waals surface area (Å²) in [5.74, 6) is 0.0374. The molecule has 0 aliphatic carbocycles. The molecule has 17 heavy (non-hydrogen) atoms. The quantitative estimate of drug-likeness (QED) is 0.898. The number of hydrogen-bond donors (Lipinski definition) is 1. The Kier molecular flexibility index (Phi) is 3.57. The molecule has 3 nitrogen and oxygen atoms in total. The second-order valence-electron chi connectivity index (χ2n) is 4.45. The average Bonchev–Trinajstić information content (AvgIpc) is 2.58. The SMILES string of the molecule is CC1Cc2cc(CCCC(=O)O)cc(Cl)c2O1. The molecule has 2 rings (SSSR count). The van der Waals surface area contributed by atoms with Crippen molar-refractivity contribution >= 4 is 17.6 Å². The van der Waals surface area contributed by atoms with Gasteiger partial charge in [0, 0.05) is 12.8 Å². The van der Waals surface area contributed by atoms with Crippen molar-refractivity contribution in [2.75, 3.05) is 0 Å². The van der Waals surface area contributed by atoms with Gasteiger partial charge in [0.25, 0.3) is 0 Å². The van der Waals surface area contributed by atoms with Gasteiger partial charge in [0.1, 0.15) is 11.9 Å². The summed E-state index contributed by atoms with van der Waals surface area (Å²) in [5.41, 5.74) is 2.23. The Balaban J connectivity index is 2.08. The summed E-state index contributed by atoms with van der Waals surface area (Å²) < 4.78 is 5.61. The summed E-state index contributed by atoms with van der Waals surface area (Å²) in [7, 11) is 0. The first kappa shape index (κ1) is 12.2. The van der Waals surface area contributed by atoms with Crippen molar-refractivity contribution < 1.29 is 14.6 Å². The van der Waals surface area contributed by atoms with Crippen molar-refractivity contribution in [2.45, 2.75) is 38.7 Å². The smallest absolute Gasteiger partial charge is 0.303 e. The van der Waals surface area contributed by atoms with Crippen molar-refractivity contribution in [2.24, 2.45) is 0 Å². The number of carboxylic acid groups (broad SMARTS) is 1. The summed E-state index contributed by atoms with van der Waals surface area (Å²) in [4.78, 5) is 10.4. The molecule has 4 heteroatoms. The Hall–Kier alpha value is -1.22. The molecule has 1 N–H and O–H groups in total. The van der Waals surface area contributed by atoms with E-state index < -0.39 is 5.97 Å². The molecule has 0 saturated heterocycles. The van der Waals surface area contributed by atoms with Gasteiger partial charge in [0.15, 0.2) is 0 Å². The average molecular weight is 255 g/mol. The van der Waals surface area contributed by atoms with Gasteiger partial charge < -0.3 is 9.84 Å². The molecule has 0 aromatic heterocycles. The highest BCUT2D eigenvalue weighted by molar-refractivity contribution is 6.32. The standard InChI is InChI=1S/C13H15ClO3/c1-8-5-10-6-9(3-2-4-12(15)16)7-11(14)13(10)17-8/h6-8H,2-5H2,1H3,(H,15,16). The van der Waals surface area contributed by atoms with Crippen LogP contribution in [0.25, 0.3) is 0 Å². The van der Waals surface area contributed by atoms with Gasteiger partial charge in [-0.05, 0) is 37.0 Å². The van der Waals surface area contributed by atoms with Gasteiger partial charge in [-0.25, -0.2) is 0 Å². The first-order valence-electron chi connectivity index (χ1n) is 5.76. The van der Waals surface area contributed by atoms with Gasteiger partial charge in [0.2, 0.25) is 0 Å². The summed E-state index contributed by atoms with van der Waals surface area (Å²) in [6.07, 6.45) is 2.63. The molecule has 1 unspecified atom stereocenters. The zero-order chi connectivity index (χ0) is 12.4. The molecule has 1 aliphatic rings. The first-order chi connectivity index (χ1) is 8.06. The van der Waals surface area contributed by atoms with E-state index in [9.17, 15) is 4.79 Å². The van der Waals surface area contributed by atoms with Crippen molar-refractivity contribution in [3.05, 3.63) is 28.3 Å². The highest BCUT2D eigenvalue weighted by Gasteiger charge is 2.22. The van der Waals surface area contributed by atoms with Crippen LogP contribution in [-0.4, -0.2) is 17.2 Å². The molecule has 1 aromatic carbocycles. The molecule has 1 aromatic rings. The number of fused-ring (bicyclic) bond motifs is 1. The van der Waals surface area contributed by atoms with E-state index in [1.165, 1.54) is 0 Å². The first-order valence-corrected chi connectivity index (χ1v) is 6.14.